The summed E-state index contributed by atoms with van der Waals surface area (Å²) < 4.78 is 42.9. The molecule has 6 nitrogen and oxygen atoms in total. The highest BCUT2D eigenvalue weighted by Gasteiger charge is 2.22. The van der Waals surface area contributed by atoms with E-state index in [9.17, 15) is 12.8 Å². The van der Waals surface area contributed by atoms with Gasteiger partial charge in [0.25, 0.3) is 10.0 Å². The summed E-state index contributed by atoms with van der Waals surface area (Å²) in [6.07, 6.45) is 10.3. The lowest BCUT2D eigenvalue weighted by Crippen LogP contribution is -2.28. The molecule has 0 amide bonds. The number of para-hydroxylation sites is 1. The van der Waals surface area contributed by atoms with Crippen LogP contribution in [0.15, 0.2) is 84.0 Å². The molecule has 1 saturated carbocycles. The van der Waals surface area contributed by atoms with Gasteiger partial charge in [-0.25, -0.2) is 17.4 Å². The quantitative estimate of drug-likeness (QED) is 0.186. The first-order valence-corrected chi connectivity index (χ1v) is 14.9. The van der Waals surface area contributed by atoms with Crippen molar-refractivity contribution in [2.75, 3.05) is 13.1 Å². The van der Waals surface area contributed by atoms with Gasteiger partial charge in [0.2, 0.25) is 5.95 Å². The van der Waals surface area contributed by atoms with Gasteiger partial charge >= 0.3 is 0 Å². The van der Waals surface area contributed by atoms with E-state index in [0.717, 1.165) is 36.9 Å². The minimum atomic E-state index is -3.76. The number of unbranched alkanes of at least 4 members (excludes halogenated alkanes) is 1. The average Bonchev–Trinajstić information content (AvgIpc) is 3.59. The summed E-state index contributed by atoms with van der Waals surface area (Å²) in [6.45, 7) is 2.66. The Hall–Kier alpha value is -3.07. The topological polar surface area (TPSA) is 67.2 Å². The van der Waals surface area contributed by atoms with Crippen LogP contribution in [0.5, 0.6) is 0 Å². The predicted octanol–water partition coefficient (Wildman–Crippen LogP) is 5.73. The molecule has 4 aromatic rings. The normalized spacial score (nSPS) is 14.6. The zero-order valence-corrected chi connectivity index (χ0v) is 22.4. The van der Waals surface area contributed by atoms with Gasteiger partial charge in [-0.1, -0.05) is 55.3 Å². The number of aromatic nitrogens is 2. The highest BCUT2D eigenvalue weighted by molar-refractivity contribution is 7.90. The molecule has 0 bridgehead atoms. The Morgan fingerprint density at radius 1 is 0.921 bits per heavy atom. The molecule has 8 heteroatoms. The van der Waals surface area contributed by atoms with Crippen molar-refractivity contribution in [2.45, 2.75) is 62.6 Å². The van der Waals surface area contributed by atoms with E-state index in [4.69, 9.17) is 0 Å². The second-order valence-electron chi connectivity index (χ2n) is 10.1. The number of benzene rings is 2. The third-order valence-electron chi connectivity index (χ3n) is 7.37. The van der Waals surface area contributed by atoms with Crippen molar-refractivity contribution in [3.8, 4) is 0 Å². The Morgan fingerprint density at radius 3 is 2.45 bits per heavy atom. The molecule has 5 rings (SSSR count). The van der Waals surface area contributed by atoms with Crippen LogP contribution in [0.25, 0.3) is 10.9 Å². The summed E-state index contributed by atoms with van der Waals surface area (Å²) in [7, 11) is -3.76. The van der Waals surface area contributed by atoms with Crippen LogP contribution in [0.4, 0.5) is 4.39 Å². The van der Waals surface area contributed by atoms with Gasteiger partial charge < -0.3 is 5.32 Å². The van der Waals surface area contributed by atoms with Crippen molar-refractivity contribution in [1.82, 2.24) is 19.2 Å². The zero-order chi connectivity index (χ0) is 26.4. The summed E-state index contributed by atoms with van der Waals surface area (Å²) in [5.41, 5.74) is 2.07. The van der Waals surface area contributed by atoms with E-state index in [1.165, 1.54) is 35.9 Å². The number of fused-ring (bicyclic) bond motifs is 1. The molecule has 1 N–H and O–H groups in total. The fourth-order valence-electron chi connectivity index (χ4n) is 5.38. The highest BCUT2D eigenvalue weighted by atomic mass is 32.2. The summed E-state index contributed by atoms with van der Waals surface area (Å²) in [5, 5.41) is 4.55. The molecule has 1 fully saturated rings. The monoisotopic (exact) mass is 534 g/mol. The van der Waals surface area contributed by atoms with Crippen LogP contribution in [0.3, 0.4) is 0 Å². The number of nitrogens with one attached hydrogen (secondary N) is 1. The largest absolute Gasteiger partial charge is 0.314 e. The predicted molar refractivity (Wildman–Crippen MR) is 149 cm³/mol. The molecule has 0 unspecified atom stereocenters. The molecule has 0 spiro atoms. The second kappa shape index (κ2) is 12.2. The lowest BCUT2D eigenvalue weighted by molar-refractivity contribution is 0.247. The van der Waals surface area contributed by atoms with Gasteiger partial charge in [-0.2, -0.15) is 4.39 Å². The standard InChI is InChI=1S/C30H35FN4O2S/c31-30-24(11-10-19-33-30)21-34(20-9-8-18-32-26-12-4-5-13-26)22-25-23-35(29-17-7-6-16-28(25)29)38(36,37)27-14-2-1-3-15-27/h1-3,6-7,10-11,14-17,19,23,26,32H,4-5,8-9,12-13,18,20-22H2. The van der Waals surface area contributed by atoms with E-state index >= 15 is 0 Å². The van der Waals surface area contributed by atoms with Gasteiger partial charge in [0.05, 0.1) is 10.4 Å². The van der Waals surface area contributed by atoms with E-state index in [2.05, 4.69) is 15.2 Å². The van der Waals surface area contributed by atoms with E-state index in [1.54, 1.807) is 48.7 Å². The number of nitrogens with zero attached hydrogens (tertiary/aromatic N) is 3. The Kier molecular flexibility index (Phi) is 8.51. The van der Waals surface area contributed by atoms with Crippen LogP contribution in [-0.2, 0) is 23.1 Å². The average molecular weight is 535 g/mol. The number of hydrogen-bond donors (Lipinski definition) is 1. The third kappa shape index (κ3) is 6.14. The third-order valence-corrected chi connectivity index (χ3v) is 9.06. The van der Waals surface area contributed by atoms with Crippen LogP contribution in [0, 0.1) is 5.95 Å². The first-order valence-electron chi connectivity index (χ1n) is 13.5. The minimum Gasteiger partial charge on any atom is -0.314 e. The Labute approximate surface area is 224 Å². The van der Waals surface area contributed by atoms with Gasteiger partial charge in [0.1, 0.15) is 0 Å². The molecular formula is C30H35FN4O2S. The van der Waals surface area contributed by atoms with E-state index < -0.39 is 16.0 Å². The molecule has 2 heterocycles. The lowest BCUT2D eigenvalue weighted by Gasteiger charge is -2.22. The van der Waals surface area contributed by atoms with Gasteiger partial charge in [-0.15, -0.1) is 0 Å². The van der Waals surface area contributed by atoms with E-state index in [-0.39, 0.29) is 4.90 Å². The molecule has 2 aromatic heterocycles. The van der Waals surface area contributed by atoms with Gasteiger partial charge in [-0.05, 0) is 68.6 Å². The van der Waals surface area contributed by atoms with Crippen LogP contribution < -0.4 is 5.32 Å². The van der Waals surface area contributed by atoms with Crippen LogP contribution >= 0.6 is 0 Å². The highest BCUT2D eigenvalue weighted by Crippen LogP contribution is 2.27. The summed E-state index contributed by atoms with van der Waals surface area (Å²) in [5.74, 6) is -0.463. The molecule has 0 radical (unpaired) electrons. The molecule has 0 saturated heterocycles. The molecule has 200 valence electrons. The number of pyridine rings is 1. The Morgan fingerprint density at radius 2 is 1.66 bits per heavy atom. The van der Waals surface area contributed by atoms with Crippen molar-refractivity contribution in [2.24, 2.45) is 0 Å². The second-order valence-corrected chi connectivity index (χ2v) is 11.9. The van der Waals surface area contributed by atoms with Gasteiger partial charge in [0.15, 0.2) is 0 Å². The maximum absolute atomic E-state index is 14.5. The SMILES string of the molecule is O=S(=O)(c1ccccc1)n1cc(CN(CCCCNC2CCCC2)Cc2cccnc2F)c2ccccc21. The first-order chi connectivity index (χ1) is 18.5. The van der Waals surface area contributed by atoms with E-state index in [1.807, 2.05) is 24.3 Å². The molecular weight excluding hydrogens is 499 g/mol. The van der Waals surface area contributed by atoms with Crippen LogP contribution in [0.2, 0.25) is 0 Å². The van der Waals surface area contributed by atoms with Crippen molar-refractivity contribution in [3.05, 3.63) is 96.2 Å². The van der Waals surface area contributed by atoms with Crippen molar-refractivity contribution in [3.63, 3.8) is 0 Å². The summed E-state index contributed by atoms with van der Waals surface area (Å²) >= 11 is 0. The minimum absolute atomic E-state index is 0.247. The van der Waals surface area contributed by atoms with Gasteiger partial charge in [0, 0.05) is 42.5 Å². The fourth-order valence-corrected chi connectivity index (χ4v) is 6.79. The molecule has 0 atom stereocenters. The zero-order valence-electron chi connectivity index (χ0n) is 21.6. The fraction of sp³-hybridized carbons (Fsp3) is 0.367. The number of rotatable bonds is 12. The molecule has 1 aliphatic carbocycles. The number of halogens is 1. The molecule has 38 heavy (non-hydrogen) atoms. The van der Waals surface area contributed by atoms with Gasteiger partial charge in [-0.3, -0.25) is 4.90 Å². The molecule has 1 aliphatic rings. The van der Waals surface area contributed by atoms with Crippen LogP contribution in [0.1, 0.15) is 49.7 Å². The van der Waals surface area contributed by atoms with Crippen molar-refractivity contribution < 1.29 is 12.8 Å². The first kappa shape index (κ1) is 26.5. The number of hydrogen-bond acceptors (Lipinski definition) is 5. The van der Waals surface area contributed by atoms with Crippen LogP contribution in [-0.4, -0.2) is 41.4 Å². The van der Waals surface area contributed by atoms with Crippen molar-refractivity contribution >= 4 is 20.9 Å². The Balaban J connectivity index is 1.37. The summed E-state index contributed by atoms with van der Waals surface area (Å²) in [6, 6.07) is 20.2. The smallest absolute Gasteiger partial charge is 0.268 e. The molecule has 2 aromatic carbocycles. The maximum Gasteiger partial charge on any atom is 0.268 e. The summed E-state index contributed by atoms with van der Waals surface area (Å²) in [4.78, 5) is 6.26. The van der Waals surface area contributed by atoms with E-state index in [0.29, 0.717) is 30.2 Å². The van der Waals surface area contributed by atoms with Crippen molar-refractivity contribution in [1.29, 1.82) is 0 Å². The molecule has 0 aliphatic heterocycles. The maximum atomic E-state index is 14.5. The Bertz CT molecular complexity index is 1450. The lowest BCUT2D eigenvalue weighted by atomic mass is 10.1.